The molecule has 3 heterocycles. The summed E-state index contributed by atoms with van der Waals surface area (Å²) in [5, 5.41) is 1.62. The molecule has 4 aromatic rings. The smallest absolute Gasteiger partial charge is 0.141 e. The van der Waals surface area contributed by atoms with E-state index in [2.05, 4.69) is 4.57 Å². The first-order valence-corrected chi connectivity index (χ1v) is 9.10. The molecular weight excluding hydrogens is 355 g/mol. The minimum absolute atomic E-state index is 0.190. The number of thiophene rings is 1. The molecule has 2 aromatic carbocycles. The number of aliphatic imine (C=N–C) groups is 1. The molecule has 0 N–H and O–H groups in total. The van der Waals surface area contributed by atoms with E-state index in [1.54, 1.807) is 6.07 Å². The first kappa shape index (κ1) is 14.9. The van der Waals surface area contributed by atoms with Crippen molar-refractivity contribution in [1.82, 2.24) is 4.57 Å². The van der Waals surface area contributed by atoms with Gasteiger partial charge >= 0.3 is 0 Å². The topological polar surface area (TPSA) is 17.3 Å². The van der Waals surface area contributed by atoms with Crippen LogP contribution in [-0.4, -0.2) is 10.3 Å². The van der Waals surface area contributed by atoms with Gasteiger partial charge in [-0.3, -0.25) is 4.99 Å². The number of aromatic nitrogens is 1. The van der Waals surface area contributed by atoms with Crippen LogP contribution in [0.5, 0.6) is 0 Å². The van der Waals surface area contributed by atoms with Crippen LogP contribution in [0.25, 0.3) is 15.8 Å². The van der Waals surface area contributed by atoms with Crippen molar-refractivity contribution in [2.24, 2.45) is 4.99 Å². The number of hydrogen-bond acceptors (Lipinski definition) is 2. The Kier molecular flexibility index (Phi) is 3.30. The van der Waals surface area contributed by atoms with Gasteiger partial charge in [-0.1, -0.05) is 29.8 Å². The Labute approximate surface area is 152 Å². The van der Waals surface area contributed by atoms with E-state index in [4.69, 9.17) is 16.6 Å². The Balaban J connectivity index is 1.75. The first-order valence-electron chi connectivity index (χ1n) is 7.91. The molecule has 0 radical (unpaired) electrons. The zero-order chi connectivity index (χ0) is 17.0. The van der Waals surface area contributed by atoms with Gasteiger partial charge in [0.2, 0.25) is 0 Å². The number of benzene rings is 2. The van der Waals surface area contributed by atoms with E-state index in [9.17, 15) is 4.39 Å². The van der Waals surface area contributed by atoms with Crippen molar-refractivity contribution in [1.29, 1.82) is 0 Å². The van der Waals surface area contributed by atoms with Gasteiger partial charge in [0.25, 0.3) is 0 Å². The lowest BCUT2D eigenvalue weighted by atomic mass is 10.1. The Morgan fingerprint density at radius 1 is 1.08 bits per heavy atom. The molecule has 122 valence electrons. The molecule has 25 heavy (non-hydrogen) atoms. The average Bonchev–Trinajstić information content (AvgIpc) is 3.22. The van der Waals surface area contributed by atoms with Crippen LogP contribution >= 0.6 is 22.9 Å². The highest BCUT2D eigenvalue weighted by Gasteiger charge is 2.21. The van der Waals surface area contributed by atoms with E-state index >= 15 is 0 Å². The van der Waals surface area contributed by atoms with Crippen LogP contribution < -0.4 is 0 Å². The minimum atomic E-state index is -0.190. The summed E-state index contributed by atoms with van der Waals surface area (Å²) >= 11 is 7.83. The molecule has 0 spiro atoms. The zero-order valence-corrected chi connectivity index (χ0v) is 14.6. The maximum Gasteiger partial charge on any atom is 0.141 e. The molecule has 0 saturated carbocycles. The quantitative estimate of drug-likeness (QED) is 0.403. The molecule has 0 aliphatic carbocycles. The monoisotopic (exact) mass is 366 g/mol. The summed E-state index contributed by atoms with van der Waals surface area (Å²) in [5.41, 5.74) is 3.91. The zero-order valence-electron chi connectivity index (χ0n) is 13.0. The summed E-state index contributed by atoms with van der Waals surface area (Å²) in [6.07, 6.45) is 2.01. The molecule has 5 heteroatoms. The lowest BCUT2D eigenvalue weighted by molar-refractivity contribution is 0.642. The van der Waals surface area contributed by atoms with E-state index in [0.29, 0.717) is 16.3 Å². The fourth-order valence-electron chi connectivity index (χ4n) is 3.30. The second-order valence-electron chi connectivity index (χ2n) is 5.93. The van der Waals surface area contributed by atoms with Crippen molar-refractivity contribution in [3.05, 3.63) is 87.8 Å². The van der Waals surface area contributed by atoms with Gasteiger partial charge in [-0.25, -0.2) is 4.39 Å². The summed E-state index contributed by atoms with van der Waals surface area (Å²) in [4.78, 5) is 5.80. The highest BCUT2D eigenvalue weighted by atomic mass is 35.5. The van der Waals surface area contributed by atoms with Gasteiger partial charge in [-0.05, 0) is 41.8 Å². The van der Waals surface area contributed by atoms with Crippen LogP contribution in [0.1, 0.15) is 16.1 Å². The second kappa shape index (κ2) is 5.55. The predicted molar refractivity (Wildman–Crippen MR) is 102 cm³/mol. The number of fused-ring (bicyclic) bond motifs is 4. The molecule has 0 saturated heterocycles. The van der Waals surface area contributed by atoms with Gasteiger partial charge in [0.15, 0.2) is 0 Å². The second-order valence-corrected chi connectivity index (χ2v) is 7.39. The highest BCUT2D eigenvalue weighted by molar-refractivity contribution is 7.21. The first-order chi connectivity index (χ1) is 12.2. The van der Waals surface area contributed by atoms with Gasteiger partial charge in [0.1, 0.15) is 5.82 Å². The number of hydrogen-bond donors (Lipinski definition) is 0. The van der Waals surface area contributed by atoms with Crippen LogP contribution in [0.15, 0.2) is 65.8 Å². The van der Waals surface area contributed by atoms with Crippen LogP contribution in [-0.2, 0) is 6.54 Å². The number of halogens is 2. The van der Waals surface area contributed by atoms with Crippen LogP contribution in [0.3, 0.4) is 0 Å². The molecule has 0 atom stereocenters. The Bertz CT molecular complexity index is 1160. The van der Waals surface area contributed by atoms with Crippen molar-refractivity contribution in [3.63, 3.8) is 0 Å². The molecule has 0 amide bonds. The van der Waals surface area contributed by atoms with E-state index < -0.39 is 0 Å². The molecule has 1 aliphatic rings. The molecule has 2 nitrogen and oxygen atoms in total. The summed E-state index contributed by atoms with van der Waals surface area (Å²) in [6, 6.07) is 17.1. The Morgan fingerprint density at radius 2 is 1.96 bits per heavy atom. The van der Waals surface area contributed by atoms with Gasteiger partial charge < -0.3 is 4.57 Å². The largest absolute Gasteiger partial charge is 0.315 e. The van der Waals surface area contributed by atoms with E-state index in [1.807, 2.05) is 48.7 Å². The maximum atomic E-state index is 14.1. The van der Waals surface area contributed by atoms with E-state index in [0.717, 1.165) is 32.9 Å². The van der Waals surface area contributed by atoms with Gasteiger partial charge in [0.05, 0.1) is 33.2 Å². The third-order valence-electron chi connectivity index (χ3n) is 4.47. The third kappa shape index (κ3) is 2.25. The van der Waals surface area contributed by atoms with E-state index in [1.165, 1.54) is 17.4 Å². The van der Waals surface area contributed by atoms with Crippen molar-refractivity contribution >= 4 is 38.7 Å². The molecule has 2 aromatic heterocycles. The third-order valence-corrected chi connectivity index (χ3v) is 5.99. The molecular formula is C20H12ClFN2S. The van der Waals surface area contributed by atoms with Crippen LogP contribution in [0.4, 0.5) is 4.39 Å². The fraction of sp³-hybridized carbons (Fsp3) is 0.0500. The summed E-state index contributed by atoms with van der Waals surface area (Å²) in [5.74, 6) is -0.190. The normalized spacial score (nSPS) is 13.3. The lowest BCUT2D eigenvalue weighted by Gasteiger charge is -2.11. The van der Waals surface area contributed by atoms with Crippen LogP contribution in [0, 0.1) is 5.82 Å². The standard InChI is InChI=1S/C20H12ClFN2S/c21-14-5-2-7-16-13(14)11-23-19(17-8-3-9-24(16)17)18-10-12-4-1-6-15(22)20(12)25-18/h1-10H,11H2. The number of rotatable bonds is 1. The SMILES string of the molecule is Fc1cccc2cc(C3=NCc4c(Cl)cccc4-n4cccc43)sc12. The summed E-state index contributed by atoms with van der Waals surface area (Å²) in [6.45, 7) is 0.503. The van der Waals surface area contributed by atoms with Crippen molar-refractivity contribution in [2.75, 3.05) is 0 Å². The summed E-state index contributed by atoms with van der Waals surface area (Å²) in [7, 11) is 0. The number of nitrogens with zero attached hydrogens (tertiary/aromatic N) is 2. The molecule has 1 aliphatic heterocycles. The molecule has 0 unspecified atom stereocenters. The Morgan fingerprint density at radius 3 is 2.84 bits per heavy atom. The molecule has 0 fully saturated rings. The Hall–Kier alpha value is -2.43. The van der Waals surface area contributed by atoms with E-state index in [-0.39, 0.29) is 5.82 Å². The van der Waals surface area contributed by atoms with Crippen molar-refractivity contribution in [3.8, 4) is 5.69 Å². The predicted octanol–water partition coefficient (Wildman–Crippen LogP) is 5.84. The molecule has 5 rings (SSSR count). The summed E-state index contributed by atoms with van der Waals surface area (Å²) < 4.78 is 16.9. The van der Waals surface area contributed by atoms with Crippen LogP contribution in [0.2, 0.25) is 5.02 Å². The molecule has 0 bridgehead atoms. The van der Waals surface area contributed by atoms with Gasteiger partial charge in [0, 0.05) is 16.8 Å². The van der Waals surface area contributed by atoms with Gasteiger partial charge in [-0.2, -0.15) is 0 Å². The lowest BCUT2D eigenvalue weighted by Crippen LogP contribution is -2.06. The highest BCUT2D eigenvalue weighted by Crippen LogP contribution is 2.33. The maximum absolute atomic E-state index is 14.1. The minimum Gasteiger partial charge on any atom is -0.315 e. The fourth-order valence-corrected chi connectivity index (χ4v) is 4.61. The van der Waals surface area contributed by atoms with Gasteiger partial charge in [-0.15, -0.1) is 11.3 Å². The average molecular weight is 367 g/mol. The van der Waals surface area contributed by atoms with Crippen molar-refractivity contribution in [2.45, 2.75) is 6.54 Å². The van der Waals surface area contributed by atoms with Crippen molar-refractivity contribution < 1.29 is 4.39 Å².